The molecule has 0 atom stereocenters. The molecule has 0 saturated heterocycles. The Balaban J connectivity index is 1.96. The second kappa shape index (κ2) is 6.16. The number of hydrogen-bond acceptors (Lipinski definition) is 4. The van der Waals surface area contributed by atoms with Gasteiger partial charge in [-0.3, -0.25) is 4.79 Å². The van der Waals surface area contributed by atoms with E-state index in [9.17, 15) is 4.79 Å². The van der Waals surface area contributed by atoms with Gasteiger partial charge in [-0.1, -0.05) is 13.0 Å². The average molecular weight is 261 g/mol. The lowest BCUT2D eigenvalue weighted by atomic mass is 10.2. The molecule has 0 unspecified atom stereocenters. The van der Waals surface area contributed by atoms with E-state index in [0.717, 1.165) is 17.1 Å². The van der Waals surface area contributed by atoms with Crippen LogP contribution in [-0.4, -0.2) is 10.9 Å². The highest BCUT2D eigenvalue weighted by Crippen LogP contribution is 2.16. The molecule has 1 amide bonds. The number of benzene rings is 1. The van der Waals surface area contributed by atoms with E-state index >= 15 is 0 Å². The van der Waals surface area contributed by atoms with Crippen molar-refractivity contribution in [1.82, 2.24) is 4.98 Å². The van der Waals surface area contributed by atoms with Crippen LogP contribution < -0.4 is 10.6 Å². The molecular weight excluding hydrogens is 246 g/mol. The van der Waals surface area contributed by atoms with Gasteiger partial charge in [0.25, 0.3) is 0 Å². The Morgan fingerprint density at radius 2 is 2.22 bits per heavy atom. The van der Waals surface area contributed by atoms with Crippen LogP contribution in [0, 0.1) is 0 Å². The summed E-state index contributed by atoms with van der Waals surface area (Å²) < 4.78 is 0. The van der Waals surface area contributed by atoms with Gasteiger partial charge in [0.15, 0.2) is 0 Å². The van der Waals surface area contributed by atoms with Crippen molar-refractivity contribution in [2.45, 2.75) is 19.9 Å². The summed E-state index contributed by atoms with van der Waals surface area (Å²) in [6, 6.07) is 7.67. The van der Waals surface area contributed by atoms with Crippen molar-refractivity contribution < 1.29 is 4.79 Å². The van der Waals surface area contributed by atoms with E-state index in [2.05, 4.69) is 15.6 Å². The Morgan fingerprint density at radius 3 is 2.94 bits per heavy atom. The predicted octanol–water partition coefficient (Wildman–Crippen LogP) is 3.10. The van der Waals surface area contributed by atoms with Gasteiger partial charge >= 0.3 is 0 Å². The topological polar surface area (TPSA) is 54.0 Å². The molecule has 2 N–H and O–H groups in total. The summed E-state index contributed by atoms with van der Waals surface area (Å²) in [6.07, 6.45) is 0.483. The van der Waals surface area contributed by atoms with E-state index in [1.165, 1.54) is 0 Å². The quantitative estimate of drug-likeness (QED) is 0.869. The van der Waals surface area contributed by atoms with Crippen LogP contribution >= 0.6 is 11.3 Å². The number of thiazole rings is 1. The minimum Gasteiger partial charge on any atom is -0.379 e. The first kappa shape index (κ1) is 12.6. The Labute approximate surface area is 110 Å². The highest BCUT2D eigenvalue weighted by Gasteiger charge is 2.00. The Hall–Kier alpha value is -1.88. The van der Waals surface area contributed by atoms with E-state index in [0.29, 0.717) is 13.0 Å². The summed E-state index contributed by atoms with van der Waals surface area (Å²) in [5.74, 6) is 0.0200. The molecule has 1 aromatic heterocycles. The van der Waals surface area contributed by atoms with Crippen molar-refractivity contribution in [3.05, 3.63) is 40.8 Å². The first-order valence-corrected chi connectivity index (χ1v) is 6.73. The normalized spacial score (nSPS) is 10.1. The van der Waals surface area contributed by atoms with Crippen LogP contribution in [0.2, 0.25) is 0 Å². The van der Waals surface area contributed by atoms with Gasteiger partial charge in [-0.2, -0.15) is 0 Å². The zero-order valence-corrected chi connectivity index (χ0v) is 11.0. The molecule has 5 heteroatoms. The molecule has 1 aromatic carbocycles. The molecule has 0 spiro atoms. The van der Waals surface area contributed by atoms with E-state index in [4.69, 9.17) is 0 Å². The van der Waals surface area contributed by atoms with Crippen molar-refractivity contribution >= 4 is 28.6 Å². The standard InChI is InChI=1S/C13H15N3OS/c1-2-13(17)16-11-5-3-4-10(6-11)14-7-12-8-18-9-15-12/h3-6,8-9,14H,2,7H2,1H3,(H,16,17). The van der Waals surface area contributed by atoms with Crippen LogP contribution in [0.25, 0.3) is 0 Å². The molecular formula is C13H15N3OS. The molecule has 0 fully saturated rings. The molecule has 18 heavy (non-hydrogen) atoms. The lowest BCUT2D eigenvalue weighted by Crippen LogP contribution is -2.09. The Kier molecular flexibility index (Phi) is 4.30. The summed E-state index contributed by atoms with van der Waals surface area (Å²) in [6.45, 7) is 2.52. The number of hydrogen-bond donors (Lipinski definition) is 2. The largest absolute Gasteiger partial charge is 0.379 e. The Morgan fingerprint density at radius 1 is 1.39 bits per heavy atom. The lowest BCUT2D eigenvalue weighted by Gasteiger charge is -2.08. The zero-order valence-electron chi connectivity index (χ0n) is 10.1. The summed E-state index contributed by atoms with van der Waals surface area (Å²) in [7, 11) is 0. The third-order valence-corrected chi connectivity index (χ3v) is 3.06. The first-order chi connectivity index (χ1) is 8.78. The smallest absolute Gasteiger partial charge is 0.224 e. The van der Waals surface area contributed by atoms with E-state index < -0.39 is 0 Å². The third-order valence-electron chi connectivity index (χ3n) is 2.42. The van der Waals surface area contributed by atoms with Gasteiger partial charge in [0.2, 0.25) is 5.91 Å². The minimum absolute atomic E-state index is 0.0200. The van der Waals surface area contributed by atoms with Gasteiger partial charge in [-0.25, -0.2) is 4.98 Å². The monoisotopic (exact) mass is 261 g/mol. The number of nitrogens with one attached hydrogen (secondary N) is 2. The van der Waals surface area contributed by atoms with Gasteiger partial charge in [0, 0.05) is 23.2 Å². The number of carbonyl (C=O) groups is 1. The highest BCUT2D eigenvalue weighted by atomic mass is 32.1. The van der Waals surface area contributed by atoms with Gasteiger partial charge < -0.3 is 10.6 Å². The third kappa shape index (κ3) is 3.56. The van der Waals surface area contributed by atoms with Crippen molar-refractivity contribution in [2.24, 2.45) is 0 Å². The van der Waals surface area contributed by atoms with E-state index in [1.54, 1.807) is 11.3 Å². The van der Waals surface area contributed by atoms with Crippen LogP contribution in [0.3, 0.4) is 0 Å². The zero-order chi connectivity index (χ0) is 12.8. The maximum Gasteiger partial charge on any atom is 0.224 e. The summed E-state index contributed by atoms with van der Waals surface area (Å²) >= 11 is 1.58. The number of anilines is 2. The molecule has 2 aromatic rings. The van der Waals surface area contributed by atoms with Crippen LogP contribution in [0.1, 0.15) is 19.0 Å². The molecule has 2 rings (SSSR count). The lowest BCUT2D eigenvalue weighted by molar-refractivity contribution is -0.115. The Bertz CT molecular complexity index is 511. The average Bonchev–Trinajstić information content (AvgIpc) is 2.90. The SMILES string of the molecule is CCC(=O)Nc1cccc(NCc2cscn2)c1. The molecule has 0 aliphatic carbocycles. The number of amides is 1. The second-order valence-electron chi connectivity index (χ2n) is 3.82. The van der Waals surface area contributed by atoms with Gasteiger partial charge in [0.05, 0.1) is 17.7 Å². The summed E-state index contributed by atoms with van der Waals surface area (Å²) in [5.41, 5.74) is 4.61. The first-order valence-electron chi connectivity index (χ1n) is 5.79. The molecule has 1 heterocycles. The minimum atomic E-state index is 0.0200. The summed E-state index contributed by atoms with van der Waals surface area (Å²) in [4.78, 5) is 15.5. The maximum atomic E-state index is 11.3. The number of rotatable bonds is 5. The van der Waals surface area contributed by atoms with Gasteiger partial charge in [-0.05, 0) is 18.2 Å². The fourth-order valence-electron chi connectivity index (χ4n) is 1.47. The van der Waals surface area contributed by atoms with E-state index in [-0.39, 0.29) is 5.91 Å². The molecule has 0 bridgehead atoms. The second-order valence-corrected chi connectivity index (χ2v) is 4.53. The van der Waals surface area contributed by atoms with Crippen molar-refractivity contribution in [2.75, 3.05) is 10.6 Å². The highest BCUT2D eigenvalue weighted by molar-refractivity contribution is 7.07. The van der Waals surface area contributed by atoms with Crippen LogP contribution in [0.15, 0.2) is 35.2 Å². The molecule has 94 valence electrons. The number of carbonyl (C=O) groups excluding carboxylic acids is 1. The molecule has 0 radical (unpaired) electrons. The van der Waals surface area contributed by atoms with Gasteiger partial charge in [-0.15, -0.1) is 11.3 Å². The van der Waals surface area contributed by atoms with E-state index in [1.807, 2.05) is 42.1 Å². The van der Waals surface area contributed by atoms with Crippen molar-refractivity contribution in [1.29, 1.82) is 0 Å². The predicted molar refractivity (Wildman–Crippen MR) is 74.8 cm³/mol. The molecule has 0 aliphatic heterocycles. The summed E-state index contributed by atoms with van der Waals surface area (Å²) in [5, 5.41) is 8.11. The van der Waals surface area contributed by atoms with Crippen molar-refractivity contribution in [3.63, 3.8) is 0 Å². The number of nitrogens with zero attached hydrogens (tertiary/aromatic N) is 1. The molecule has 0 saturated carbocycles. The maximum absolute atomic E-state index is 11.3. The fourth-order valence-corrected chi connectivity index (χ4v) is 2.03. The van der Waals surface area contributed by atoms with Crippen LogP contribution in [0.4, 0.5) is 11.4 Å². The van der Waals surface area contributed by atoms with Crippen LogP contribution in [0.5, 0.6) is 0 Å². The number of aromatic nitrogens is 1. The van der Waals surface area contributed by atoms with Crippen molar-refractivity contribution in [3.8, 4) is 0 Å². The van der Waals surface area contributed by atoms with Gasteiger partial charge in [0.1, 0.15) is 0 Å². The van der Waals surface area contributed by atoms with Crippen LogP contribution in [-0.2, 0) is 11.3 Å². The fraction of sp³-hybridized carbons (Fsp3) is 0.231. The molecule has 4 nitrogen and oxygen atoms in total. The molecule has 0 aliphatic rings.